The van der Waals surface area contributed by atoms with Gasteiger partial charge in [0.1, 0.15) is 6.29 Å². The molecule has 3 nitrogen and oxygen atoms in total. The molecular formula is C9H21NO2. The largest absolute Gasteiger partial charge is 0.400 e. The standard InChI is InChI=1S/C6H13N.C2H4O.CH4O/c1-7-6-4-2-3-5-6;1-2-3;1-2/h6-7H,2-5H2,1H3;2H,1H3;2H,1H3. The molecule has 1 aliphatic carbocycles. The quantitative estimate of drug-likeness (QED) is 0.584. The molecule has 0 amide bonds. The van der Waals surface area contributed by atoms with Gasteiger partial charge in [-0.15, -0.1) is 0 Å². The molecule has 0 spiro atoms. The summed E-state index contributed by atoms with van der Waals surface area (Å²) in [5.41, 5.74) is 0. The normalized spacial score (nSPS) is 15.3. The number of aliphatic hydroxyl groups excluding tert-OH is 1. The fraction of sp³-hybridized carbons (Fsp3) is 0.889. The molecule has 1 aliphatic rings. The predicted octanol–water partition coefficient (Wildman–Crippen LogP) is 0.962. The van der Waals surface area contributed by atoms with Crippen molar-refractivity contribution in [3.8, 4) is 0 Å². The van der Waals surface area contributed by atoms with Crippen molar-refractivity contribution in [1.29, 1.82) is 0 Å². The highest BCUT2D eigenvalue weighted by Crippen LogP contribution is 2.16. The van der Waals surface area contributed by atoms with Crippen LogP contribution < -0.4 is 5.32 Å². The molecule has 0 aromatic heterocycles. The Morgan fingerprint density at radius 2 is 1.67 bits per heavy atom. The molecule has 0 aromatic carbocycles. The lowest BCUT2D eigenvalue weighted by atomic mass is 10.3. The highest BCUT2D eigenvalue weighted by molar-refractivity contribution is 5.44. The van der Waals surface area contributed by atoms with Crippen molar-refractivity contribution in [2.24, 2.45) is 0 Å². The first-order chi connectivity index (χ1) is 5.85. The lowest BCUT2D eigenvalue weighted by Gasteiger charge is -2.03. The van der Waals surface area contributed by atoms with Gasteiger partial charge in [0.2, 0.25) is 0 Å². The minimum Gasteiger partial charge on any atom is -0.400 e. The first kappa shape index (κ1) is 14.1. The number of carbonyl (C=O) groups excluding carboxylic acids is 1. The Hall–Kier alpha value is -0.410. The van der Waals surface area contributed by atoms with E-state index in [2.05, 4.69) is 12.4 Å². The van der Waals surface area contributed by atoms with Gasteiger partial charge in [0, 0.05) is 13.2 Å². The van der Waals surface area contributed by atoms with Crippen LogP contribution in [0.3, 0.4) is 0 Å². The van der Waals surface area contributed by atoms with Crippen molar-refractivity contribution >= 4 is 6.29 Å². The minimum absolute atomic E-state index is 0.750. The van der Waals surface area contributed by atoms with Crippen LogP contribution in [-0.2, 0) is 4.79 Å². The lowest BCUT2D eigenvalue weighted by molar-refractivity contribution is -0.106. The zero-order valence-electron chi connectivity index (χ0n) is 8.34. The average Bonchev–Trinajstić information content (AvgIpc) is 2.61. The number of aliphatic hydroxyl groups is 1. The van der Waals surface area contributed by atoms with Crippen molar-refractivity contribution in [2.45, 2.75) is 38.6 Å². The van der Waals surface area contributed by atoms with E-state index in [0.717, 1.165) is 19.4 Å². The van der Waals surface area contributed by atoms with E-state index in [0.29, 0.717) is 0 Å². The van der Waals surface area contributed by atoms with Crippen LogP contribution in [0.2, 0.25) is 0 Å². The molecule has 1 rings (SSSR count). The maximum atomic E-state index is 8.81. The van der Waals surface area contributed by atoms with Gasteiger partial charge in [-0.3, -0.25) is 0 Å². The monoisotopic (exact) mass is 175 g/mol. The third-order valence-electron chi connectivity index (χ3n) is 1.76. The summed E-state index contributed by atoms with van der Waals surface area (Å²) in [6, 6.07) is 0.847. The number of hydrogen-bond donors (Lipinski definition) is 2. The molecule has 0 aromatic rings. The Morgan fingerprint density at radius 1 is 1.33 bits per heavy atom. The van der Waals surface area contributed by atoms with Gasteiger partial charge in [-0.25, -0.2) is 0 Å². The van der Waals surface area contributed by atoms with Crippen LogP contribution in [0.5, 0.6) is 0 Å². The fourth-order valence-electron chi connectivity index (χ4n) is 1.21. The number of nitrogens with one attached hydrogen (secondary N) is 1. The van der Waals surface area contributed by atoms with Crippen LogP contribution in [-0.4, -0.2) is 31.6 Å². The molecule has 0 atom stereocenters. The first-order valence-corrected chi connectivity index (χ1v) is 4.37. The molecule has 0 unspecified atom stereocenters. The Labute approximate surface area is 75.2 Å². The molecule has 74 valence electrons. The maximum Gasteiger partial charge on any atom is 0.116 e. The Morgan fingerprint density at radius 3 is 1.83 bits per heavy atom. The summed E-state index contributed by atoms with van der Waals surface area (Å²) in [6.45, 7) is 1.44. The van der Waals surface area contributed by atoms with Gasteiger partial charge >= 0.3 is 0 Å². The zero-order chi connectivity index (χ0) is 9.82. The predicted molar refractivity (Wildman–Crippen MR) is 51.2 cm³/mol. The smallest absolute Gasteiger partial charge is 0.116 e. The van der Waals surface area contributed by atoms with Gasteiger partial charge in [0.15, 0.2) is 0 Å². The van der Waals surface area contributed by atoms with E-state index in [-0.39, 0.29) is 0 Å². The number of carbonyl (C=O) groups is 1. The molecule has 12 heavy (non-hydrogen) atoms. The van der Waals surface area contributed by atoms with E-state index in [1.807, 2.05) is 0 Å². The van der Waals surface area contributed by atoms with E-state index in [4.69, 9.17) is 9.90 Å². The average molecular weight is 175 g/mol. The molecule has 0 saturated heterocycles. The number of aldehydes is 1. The third-order valence-corrected chi connectivity index (χ3v) is 1.76. The van der Waals surface area contributed by atoms with Crippen LogP contribution >= 0.6 is 0 Å². The summed E-state index contributed by atoms with van der Waals surface area (Å²) in [6.07, 6.45) is 6.42. The molecular weight excluding hydrogens is 154 g/mol. The minimum atomic E-state index is 0.750. The van der Waals surface area contributed by atoms with E-state index >= 15 is 0 Å². The SMILES string of the molecule is CC=O.CNC1CCCC1.CO. The van der Waals surface area contributed by atoms with Crippen LogP contribution in [0.15, 0.2) is 0 Å². The highest BCUT2D eigenvalue weighted by Gasteiger charge is 2.10. The molecule has 0 heterocycles. The second kappa shape index (κ2) is 13.2. The molecule has 0 aliphatic heterocycles. The second-order valence-corrected chi connectivity index (χ2v) is 2.51. The van der Waals surface area contributed by atoms with Gasteiger partial charge < -0.3 is 15.2 Å². The van der Waals surface area contributed by atoms with Crippen LogP contribution in [0.25, 0.3) is 0 Å². The molecule has 0 radical (unpaired) electrons. The Balaban J connectivity index is 0. The third kappa shape index (κ3) is 9.59. The van der Waals surface area contributed by atoms with E-state index in [9.17, 15) is 0 Å². The van der Waals surface area contributed by atoms with Crippen LogP contribution in [0, 0.1) is 0 Å². The Kier molecular flexibility index (Phi) is 15.5. The Bertz CT molecular complexity index is 80.6. The first-order valence-electron chi connectivity index (χ1n) is 4.37. The summed E-state index contributed by atoms with van der Waals surface area (Å²) >= 11 is 0. The van der Waals surface area contributed by atoms with Crippen molar-refractivity contribution in [2.75, 3.05) is 14.2 Å². The highest BCUT2D eigenvalue weighted by atomic mass is 16.2. The molecule has 0 bridgehead atoms. The van der Waals surface area contributed by atoms with Crippen LogP contribution in [0.1, 0.15) is 32.6 Å². The van der Waals surface area contributed by atoms with Crippen molar-refractivity contribution in [3.05, 3.63) is 0 Å². The number of hydrogen-bond acceptors (Lipinski definition) is 3. The van der Waals surface area contributed by atoms with Gasteiger partial charge in [0.25, 0.3) is 0 Å². The lowest BCUT2D eigenvalue weighted by Crippen LogP contribution is -2.20. The second-order valence-electron chi connectivity index (χ2n) is 2.51. The van der Waals surface area contributed by atoms with Crippen molar-refractivity contribution in [3.63, 3.8) is 0 Å². The van der Waals surface area contributed by atoms with E-state index < -0.39 is 0 Å². The van der Waals surface area contributed by atoms with Crippen molar-refractivity contribution in [1.82, 2.24) is 5.32 Å². The summed E-state index contributed by atoms with van der Waals surface area (Å²) in [5, 5.41) is 10.3. The topological polar surface area (TPSA) is 49.3 Å². The van der Waals surface area contributed by atoms with E-state index in [1.165, 1.54) is 32.6 Å². The zero-order valence-corrected chi connectivity index (χ0v) is 8.34. The summed E-state index contributed by atoms with van der Waals surface area (Å²) < 4.78 is 0. The molecule has 3 heteroatoms. The summed E-state index contributed by atoms with van der Waals surface area (Å²) in [5.74, 6) is 0. The fourth-order valence-corrected chi connectivity index (χ4v) is 1.21. The summed E-state index contributed by atoms with van der Waals surface area (Å²) in [4.78, 5) is 8.81. The van der Waals surface area contributed by atoms with Gasteiger partial charge in [0.05, 0.1) is 0 Å². The molecule has 2 N–H and O–H groups in total. The van der Waals surface area contributed by atoms with Crippen LogP contribution in [0.4, 0.5) is 0 Å². The van der Waals surface area contributed by atoms with E-state index in [1.54, 1.807) is 0 Å². The summed E-state index contributed by atoms with van der Waals surface area (Å²) in [7, 11) is 3.05. The molecule has 1 saturated carbocycles. The maximum absolute atomic E-state index is 8.81. The number of rotatable bonds is 1. The van der Waals surface area contributed by atoms with Gasteiger partial charge in [-0.05, 0) is 26.8 Å². The van der Waals surface area contributed by atoms with Gasteiger partial charge in [-0.1, -0.05) is 12.8 Å². The molecule has 1 fully saturated rings. The van der Waals surface area contributed by atoms with Gasteiger partial charge in [-0.2, -0.15) is 0 Å². The van der Waals surface area contributed by atoms with Crippen molar-refractivity contribution < 1.29 is 9.90 Å².